The van der Waals surface area contributed by atoms with Crippen molar-refractivity contribution in [2.45, 2.75) is 0 Å². The predicted molar refractivity (Wildman–Crippen MR) is 76.3 cm³/mol. The van der Waals surface area contributed by atoms with Crippen LogP contribution >= 0.6 is 11.3 Å². The third-order valence-electron chi connectivity index (χ3n) is 4.22. The molecule has 2 atom stereocenters. The van der Waals surface area contributed by atoms with E-state index in [1.54, 1.807) is 0 Å². The van der Waals surface area contributed by atoms with E-state index in [0.717, 1.165) is 17.4 Å². The molecule has 0 aliphatic carbocycles. The number of rotatable bonds is 1. The van der Waals surface area contributed by atoms with Crippen molar-refractivity contribution >= 4 is 26.7 Å². The lowest BCUT2D eigenvalue weighted by molar-refractivity contribution is 0.387. The number of aromatic nitrogens is 1. The summed E-state index contributed by atoms with van der Waals surface area (Å²) in [6.45, 7) is 4.89. The maximum Gasteiger partial charge on any atom is 0.186 e. The van der Waals surface area contributed by atoms with Crippen LogP contribution in [0.25, 0.3) is 10.2 Å². The van der Waals surface area contributed by atoms with Crippen LogP contribution in [0.15, 0.2) is 24.3 Å². The minimum Gasteiger partial charge on any atom is -0.347 e. The maximum absolute atomic E-state index is 4.77. The molecular formula is C14H17N3S. The Bertz CT molecular complexity index is 532. The Morgan fingerprint density at radius 1 is 1.11 bits per heavy atom. The molecule has 2 aromatic rings. The summed E-state index contributed by atoms with van der Waals surface area (Å²) < 4.78 is 1.31. The smallest absolute Gasteiger partial charge is 0.186 e. The van der Waals surface area contributed by atoms with E-state index in [9.17, 15) is 0 Å². The summed E-state index contributed by atoms with van der Waals surface area (Å²) in [6, 6.07) is 8.44. The van der Waals surface area contributed by atoms with Gasteiger partial charge in [-0.2, -0.15) is 0 Å². The third-order valence-corrected chi connectivity index (χ3v) is 5.32. The van der Waals surface area contributed by atoms with Gasteiger partial charge in [-0.3, -0.25) is 0 Å². The Balaban J connectivity index is 1.61. The predicted octanol–water partition coefficient (Wildman–Crippen LogP) is 2.29. The van der Waals surface area contributed by atoms with Gasteiger partial charge in [-0.05, 0) is 31.0 Å². The van der Waals surface area contributed by atoms with E-state index in [1.807, 2.05) is 11.3 Å². The molecule has 2 aliphatic heterocycles. The van der Waals surface area contributed by atoms with Crippen molar-refractivity contribution in [3.8, 4) is 0 Å². The number of benzene rings is 1. The highest BCUT2D eigenvalue weighted by Crippen LogP contribution is 2.36. The molecule has 2 saturated heterocycles. The van der Waals surface area contributed by atoms with E-state index < -0.39 is 0 Å². The van der Waals surface area contributed by atoms with E-state index in [2.05, 4.69) is 41.1 Å². The number of fused-ring (bicyclic) bond motifs is 2. The molecular weight excluding hydrogens is 242 g/mol. The molecule has 0 saturated carbocycles. The lowest BCUT2D eigenvalue weighted by Gasteiger charge is -2.17. The van der Waals surface area contributed by atoms with Crippen molar-refractivity contribution < 1.29 is 0 Å². The van der Waals surface area contributed by atoms with Gasteiger partial charge >= 0.3 is 0 Å². The van der Waals surface area contributed by atoms with Gasteiger partial charge in [0.25, 0.3) is 0 Å². The van der Waals surface area contributed by atoms with Crippen molar-refractivity contribution in [2.24, 2.45) is 11.8 Å². The summed E-state index contributed by atoms with van der Waals surface area (Å²) in [7, 11) is 2.24. The van der Waals surface area contributed by atoms with Crippen LogP contribution in [0.1, 0.15) is 0 Å². The highest BCUT2D eigenvalue weighted by molar-refractivity contribution is 7.22. The summed E-state index contributed by atoms with van der Waals surface area (Å²) in [5.41, 5.74) is 1.15. The fourth-order valence-corrected chi connectivity index (χ4v) is 4.36. The zero-order chi connectivity index (χ0) is 12.1. The molecule has 3 heterocycles. The van der Waals surface area contributed by atoms with Gasteiger partial charge in [0.05, 0.1) is 10.2 Å². The first-order chi connectivity index (χ1) is 8.79. The van der Waals surface area contributed by atoms with Crippen LogP contribution in [-0.2, 0) is 0 Å². The van der Waals surface area contributed by atoms with Crippen LogP contribution in [0, 0.1) is 11.8 Å². The number of nitrogens with zero attached hydrogens (tertiary/aromatic N) is 3. The zero-order valence-corrected chi connectivity index (χ0v) is 11.4. The van der Waals surface area contributed by atoms with Crippen molar-refractivity contribution in [3.63, 3.8) is 0 Å². The van der Waals surface area contributed by atoms with Gasteiger partial charge in [-0.15, -0.1) is 0 Å². The second kappa shape index (κ2) is 3.93. The minimum atomic E-state index is 0.849. The second-order valence-corrected chi connectivity index (χ2v) is 6.62. The van der Waals surface area contributed by atoms with Gasteiger partial charge in [0.1, 0.15) is 0 Å². The molecule has 0 unspecified atom stereocenters. The molecule has 4 heteroatoms. The van der Waals surface area contributed by atoms with E-state index in [1.165, 1.54) is 36.0 Å². The molecule has 1 aromatic carbocycles. The molecule has 0 N–H and O–H groups in total. The molecule has 94 valence electrons. The van der Waals surface area contributed by atoms with Crippen LogP contribution in [-0.4, -0.2) is 43.1 Å². The Hall–Kier alpha value is -1.13. The fraction of sp³-hybridized carbons (Fsp3) is 0.500. The number of hydrogen-bond acceptors (Lipinski definition) is 4. The standard InChI is InChI=1S/C14H17N3S/c1-16-6-10-8-17(9-11(10)7-16)14-15-12-4-2-3-5-13(12)18-14/h2-5,10-11H,6-9H2,1H3/t10-,11+. The highest BCUT2D eigenvalue weighted by Gasteiger charge is 2.39. The molecule has 0 spiro atoms. The van der Waals surface area contributed by atoms with Gasteiger partial charge in [-0.25, -0.2) is 4.98 Å². The maximum atomic E-state index is 4.77. The molecule has 4 rings (SSSR count). The fourth-order valence-electron chi connectivity index (χ4n) is 3.38. The SMILES string of the molecule is CN1C[C@@H]2CN(c3nc4ccccc4s3)C[C@@H]2C1. The monoisotopic (exact) mass is 259 g/mol. The summed E-state index contributed by atoms with van der Waals surface area (Å²) in [5.74, 6) is 1.70. The molecule has 1 aromatic heterocycles. The molecule has 2 fully saturated rings. The topological polar surface area (TPSA) is 19.4 Å². The number of likely N-dealkylation sites (tertiary alicyclic amines) is 1. The van der Waals surface area contributed by atoms with Crippen LogP contribution in [0.5, 0.6) is 0 Å². The normalized spacial score (nSPS) is 28.2. The van der Waals surface area contributed by atoms with Gasteiger partial charge in [-0.1, -0.05) is 23.5 Å². The summed E-state index contributed by atoms with van der Waals surface area (Å²) >= 11 is 1.84. The van der Waals surface area contributed by atoms with E-state index in [-0.39, 0.29) is 0 Å². The van der Waals surface area contributed by atoms with Crippen molar-refractivity contribution in [3.05, 3.63) is 24.3 Å². The number of thiazole rings is 1. The lowest BCUT2D eigenvalue weighted by atomic mass is 10.0. The first-order valence-electron chi connectivity index (χ1n) is 6.58. The van der Waals surface area contributed by atoms with Gasteiger partial charge in [0.2, 0.25) is 0 Å². The van der Waals surface area contributed by atoms with E-state index in [0.29, 0.717) is 0 Å². The first-order valence-corrected chi connectivity index (χ1v) is 7.40. The van der Waals surface area contributed by atoms with Gasteiger partial charge < -0.3 is 9.80 Å². The van der Waals surface area contributed by atoms with E-state index >= 15 is 0 Å². The van der Waals surface area contributed by atoms with Crippen molar-refractivity contribution in [2.75, 3.05) is 38.1 Å². The molecule has 2 aliphatic rings. The quantitative estimate of drug-likeness (QED) is 0.783. The molecule has 0 amide bonds. The minimum absolute atomic E-state index is 0.849. The second-order valence-electron chi connectivity index (χ2n) is 5.61. The zero-order valence-electron chi connectivity index (χ0n) is 10.5. The highest BCUT2D eigenvalue weighted by atomic mass is 32.1. The summed E-state index contributed by atoms with van der Waals surface area (Å²) in [4.78, 5) is 9.73. The lowest BCUT2D eigenvalue weighted by Crippen LogP contribution is -2.26. The first kappa shape index (κ1) is 10.8. The molecule has 0 bridgehead atoms. The van der Waals surface area contributed by atoms with Crippen molar-refractivity contribution in [1.29, 1.82) is 0 Å². The largest absolute Gasteiger partial charge is 0.347 e. The Morgan fingerprint density at radius 2 is 1.83 bits per heavy atom. The Morgan fingerprint density at radius 3 is 2.56 bits per heavy atom. The number of anilines is 1. The molecule has 18 heavy (non-hydrogen) atoms. The van der Waals surface area contributed by atoms with Gasteiger partial charge in [0.15, 0.2) is 5.13 Å². The van der Waals surface area contributed by atoms with Gasteiger partial charge in [0, 0.05) is 26.2 Å². The van der Waals surface area contributed by atoms with Crippen LogP contribution in [0.4, 0.5) is 5.13 Å². The Labute approximate surface area is 111 Å². The average Bonchev–Trinajstić information content (AvgIpc) is 2.98. The summed E-state index contributed by atoms with van der Waals surface area (Å²) in [5, 5.41) is 1.22. The average molecular weight is 259 g/mol. The third kappa shape index (κ3) is 1.63. The summed E-state index contributed by atoms with van der Waals surface area (Å²) in [6.07, 6.45) is 0. The Kier molecular flexibility index (Phi) is 2.35. The van der Waals surface area contributed by atoms with Crippen LogP contribution < -0.4 is 4.90 Å². The van der Waals surface area contributed by atoms with Crippen LogP contribution in [0.3, 0.4) is 0 Å². The number of hydrogen-bond donors (Lipinski definition) is 0. The van der Waals surface area contributed by atoms with Crippen LogP contribution in [0.2, 0.25) is 0 Å². The van der Waals surface area contributed by atoms with E-state index in [4.69, 9.17) is 4.98 Å². The molecule has 3 nitrogen and oxygen atoms in total. The van der Waals surface area contributed by atoms with Crippen molar-refractivity contribution in [1.82, 2.24) is 9.88 Å². The number of para-hydroxylation sites is 1. The molecule has 0 radical (unpaired) electrons.